The predicted octanol–water partition coefficient (Wildman–Crippen LogP) is 3.80. The van der Waals surface area contributed by atoms with E-state index in [0.29, 0.717) is 6.04 Å². The summed E-state index contributed by atoms with van der Waals surface area (Å²) in [6.45, 7) is 12.1. The fraction of sp³-hybridized carbons (Fsp3) is 0.560. The van der Waals surface area contributed by atoms with Crippen molar-refractivity contribution >= 4 is 11.4 Å². The standard InChI is InChI=1S/C25H37N7O/c1-5-8-24-25(21-16-27-32(18-21)22(6-2)7-3)28-23(19-29(24)4)20-15-26-31(17-20)10-9-30-11-13-33-14-12-30/h8,15-19,22H,5-7,9-14H2,1-4H3/b24-8-. The number of ether oxygens (including phenoxy) is 1. The van der Waals surface area contributed by atoms with Crippen LogP contribution in [0.15, 0.2) is 47.8 Å². The van der Waals surface area contributed by atoms with Crippen molar-refractivity contribution in [3.63, 3.8) is 0 Å². The number of rotatable bonds is 9. The maximum absolute atomic E-state index is 5.44. The first-order valence-corrected chi connectivity index (χ1v) is 12.2. The van der Waals surface area contributed by atoms with Crippen molar-refractivity contribution in [1.82, 2.24) is 29.4 Å². The van der Waals surface area contributed by atoms with E-state index in [1.165, 1.54) is 0 Å². The highest BCUT2D eigenvalue weighted by atomic mass is 16.5. The summed E-state index contributed by atoms with van der Waals surface area (Å²) in [7, 11) is 2.09. The van der Waals surface area contributed by atoms with Gasteiger partial charge in [-0.15, -0.1) is 0 Å². The van der Waals surface area contributed by atoms with Crippen LogP contribution in [0.5, 0.6) is 0 Å². The fourth-order valence-electron chi connectivity index (χ4n) is 4.42. The van der Waals surface area contributed by atoms with Crippen molar-refractivity contribution in [3.8, 4) is 0 Å². The van der Waals surface area contributed by atoms with Gasteiger partial charge in [-0.05, 0) is 19.3 Å². The van der Waals surface area contributed by atoms with Crippen LogP contribution in [0, 0.1) is 0 Å². The van der Waals surface area contributed by atoms with Crippen LogP contribution in [0.2, 0.25) is 0 Å². The van der Waals surface area contributed by atoms with E-state index in [9.17, 15) is 0 Å². The van der Waals surface area contributed by atoms with Gasteiger partial charge in [-0.2, -0.15) is 10.2 Å². The second kappa shape index (κ2) is 10.9. The van der Waals surface area contributed by atoms with Gasteiger partial charge in [-0.3, -0.25) is 14.3 Å². The molecule has 0 radical (unpaired) electrons. The van der Waals surface area contributed by atoms with Crippen molar-refractivity contribution in [2.75, 3.05) is 39.9 Å². The molecule has 0 aromatic carbocycles. The Balaban J connectivity index is 1.56. The zero-order chi connectivity index (χ0) is 23.2. The maximum Gasteiger partial charge on any atom is 0.0974 e. The molecule has 2 aliphatic rings. The van der Waals surface area contributed by atoms with E-state index in [1.54, 1.807) is 0 Å². The number of aliphatic imine (C=N–C) groups is 1. The third kappa shape index (κ3) is 5.45. The number of allylic oxidation sites excluding steroid dienone is 2. The van der Waals surface area contributed by atoms with Gasteiger partial charge in [-0.1, -0.05) is 26.8 Å². The van der Waals surface area contributed by atoms with E-state index < -0.39 is 0 Å². The maximum atomic E-state index is 5.44. The van der Waals surface area contributed by atoms with Gasteiger partial charge in [0.25, 0.3) is 0 Å². The minimum absolute atomic E-state index is 0.416. The monoisotopic (exact) mass is 451 g/mol. The highest BCUT2D eigenvalue weighted by Crippen LogP contribution is 2.27. The lowest BCUT2D eigenvalue weighted by molar-refractivity contribution is 0.0360. The number of hydrogen-bond donors (Lipinski definition) is 0. The molecule has 8 nitrogen and oxygen atoms in total. The molecule has 1 saturated heterocycles. The molecule has 2 aliphatic heterocycles. The lowest BCUT2D eigenvalue weighted by Crippen LogP contribution is -2.38. The van der Waals surface area contributed by atoms with Gasteiger partial charge in [0.05, 0.1) is 55.3 Å². The molecule has 0 saturated carbocycles. The van der Waals surface area contributed by atoms with E-state index >= 15 is 0 Å². The number of aromatic nitrogens is 4. The van der Waals surface area contributed by atoms with Gasteiger partial charge in [0.2, 0.25) is 0 Å². The first-order chi connectivity index (χ1) is 16.1. The average Bonchev–Trinajstić information content (AvgIpc) is 3.51. The van der Waals surface area contributed by atoms with Crippen LogP contribution in [0.25, 0.3) is 5.70 Å². The largest absolute Gasteiger partial charge is 0.379 e. The van der Waals surface area contributed by atoms with Crippen LogP contribution >= 0.6 is 0 Å². The highest BCUT2D eigenvalue weighted by Gasteiger charge is 2.22. The molecule has 2 aromatic heterocycles. The number of hydrogen-bond acceptors (Lipinski definition) is 6. The fourth-order valence-corrected chi connectivity index (χ4v) is 4.42. The van der Waals surface area contributed by atoms with E-state index in [4.69, 9.17) is 9.73 Å². The summed E-state index contributed by atoms with van der Waals surface area (Å²) in [5.41, 5.74) is 5.09. The molecule has 0 amide bonds. The Labute approximate surface area is 197 Å². The SMILES string of the molecule is CC/C=C1/C(c2cnn(C(CC)CC)c2)=NC(c2cnn(CCN3CCOCC3)c2)=CN1C. The Bertz CT molecular complexity index is 1010. The first-order valence-electron chi connectivity index (χ1n) is 12.2. The summed E-state index contributed by atoms with van der Waals surface area (Å²) in [5, 5.41) is 9.27. The third-order valence-corrected chi connectivity index (χ3v) is 6.44. The molecular weight excluding hydrogens is 414 g/mol. The molecule has 0 spiro atoms. The summed E-state index contributed by atoms with van der Waals surface area (Å²) < 4.78 is 9.55. The molecule has 2 aromatic rings. The normalized spacial score (nSPS) is 18.8. The van der Waals surface area contributed by atoms with E-state index in [1.807, 2.05) is 17.1 Å². The Hall–Kier alpha value is -2.71. The van der Waals surface area contributed by atoms with Crippen LogP contribution < -0.4 is 0 Å². The van der Waals surface area contributed by atoms with Crippen LogP contribution in [-0.2, 0) is 11.3 Å². The second-order valence-corrected chi connectivity index (χ2v) is 8.71. The highest BCUT2D eigenvalue weighted by molar-refractivity contribution is 6.15. The zero-order valence-corrected chi connectivity index (χ0v) is 20.4. The van der Waals surface area contributed by atoms with Gasteiger partial charge < -0.3 is 9.64 Å². The smallest absolute Gasteiger partial charge is 0.0974 e. The van der Waals surface area contributed by atoms with Gasteiger partial charge in [-0.25, -0.2) is 4.99 Å². The minimum atomic E-state index is 0.416. The quantitative estimate of drug-likeness (QED) is 0.580. The van der Waals surface area contributed by atoms with Gasteiger partial charge in [0.1, 0.15) is 0 Å². The van der Waals surface area contributed by atoms with Crippen molar-refractivity contribution < 1.29 is 4.74 Å². The number of likely N-dealkylation sites (N-methyl/N-ethyl adjacent to an activating group) is 1. The lowest BCUT2D eigenvalue weighted by Gasteiger charge is -2.26. The Kier molecular flexibility index (Phi) is 7.77. The van der Waals surface area contributed by atoms with Gasteiger partial charge in [0.15, 0.2) is 0 Å². The zero-order valence-electron chi connectivity index (χ0n) is 20.4. The third-order valence-electron chi connectivity index (χ3n) is 6.44. The summed E-state index contributed by atoms with van der Waals surface area (Å²) in [5.74, 6) is 0. The number of morpholine rings is 1. The van der Waals surface area contributed by atoms with E-state index in [2.05, 4.69) is 77.2 Å². The minimum Gasteiger partial charge on any atom is -0.379 e. The van der Waals surface area contributed by atoms with Crippen LogP contribution in [-0.4, -0.2) is 75.0 Å². The molecule has 0 N–H and O–H groups in total. The van der Waals surface area contributed by atoms with Crippen molar-refractivity contribution in [2.24, 2.45) is 4.99 Å². The summed E-state index contributed by atoms with van der Waals surface area (Å²) in [6, 6.07) is 0.416. The molecule has 1 fully saturated rings. The summed E-state index contributed by atoms with van der Waals surface area (Å²) in [6.07, 6.45) is 15.5. The first kappa shape index (κ1) is 23.4. The Morgan fingerprint density at radius 2 is 1.76 bits per heavy atom. The predicted molar refractivity (Wildman–Crippen MR) is 132 cm³/mol. The molecule has 4 rings (SSSR count). The molecule has 178 valence electrons. The van der Waals surface area contributed by atoms with Crippen molar-refractivity contribution in [3.05, 3.63) is 53.9 Å². The van der Waals surface area contributed by atoms with Crippen molar-refractivity contribution in [1.29, 1.82) is 0 Å². The van der Waals surface area contributed by atoms with Crippen LogP contribution in [0.1, 0.15) is 57.2 Å². The molecule has 0 atom stereocenters. The van der Waals surface area contributed by atoms with Gasteiger partial charge >= 0.3 is 0 Å². The Morgan fingerprint density at radius 3 is 2.48 bits per heavy atom. The van der Waals surface area contributed by atoms with E-state index in [0.717, 1.165) is 86.9 Å². The van der Waals surface area contributed by atoms with Crippen LogP contribution in [0.4, 0.5) is 0 Å². The molecule has 0 aliphatic carbocycles. The molecule has 0 bridgehead atoms. The molecule has 33 heavy (non-hydrogen) atoms. The van der Waals surface area contributed by atoms with Crippen molar-refractivity contribution in [2.45, 2.75) is 52.6 Å². The molecule has 0 unspecified atom stereocenters. The number of nitrogens with zero attached hydrogens (tertiary/aromatic N) is 7. The molecule has 4 heterocycles. The average molecular weight is 452 g/mol. The lowest BCUT2D eigenvalue weighted by atomic mass is 10.1. The van der Waals surface area contributed by atoms with Crippen LogP contribution in [0.3, 0.4) is 0 Å². The topological polar surface area (TPSA) is 63.7 Å². The summed E-state index contributed by atoms with van der Waals surface area (Å²) in [4.78, 5) is 9.69. The second-order valence-electron chi connectivity index (χ2n) is 8.71. The van der Waals surface area contributed by atoms with Gasteiger partial charge in [0, 0.05) is 56.4 Å². The molecule has 8 heteroatoms. The van der Waals surface area contributed by atoms with E-state index in [-0.39, 0.29) is 0 Å². The molecular formula is C25H37N7O. The Morgan fingerprint density at radius 1 is 1.00 bits per heavy atom. The summed E-state index contributed by atoms with van der Waals surface area (Å²) >= 11 is 0.